The van der Waals surface area contributed by atoms with Gasteiger partial charge in [-0.25, -0.2) is 8.42 Å². The molecular weight excluding hydrogens is 302 g/mol. The van der Waals surface area contributed by atoms with Crippen molar-refractivity contribution in [1.82, 2.24) is 5.32 Å². The molecule has 5 nitrogen and oxygen atoms in total. The number of alkyl halides is 1. The third-order valence-electron chi connectivity index (χ3n) is 3.15. The van der Waals surface area contributed by atoms with Crippen LogP contribution in [0.15, 0.2) is 24.3 Å². The number of methoxy groups -OCH3 is 1. The second kappa shape index (κ2) is 6.01. The molecule has 0 aliphatic carbocycles. The molecule has 0 radical (unpaired) electrons. The standard InChI is InChI=1S/C13H16ClNO4S/c1-19-10-4-2-9(3-5-10)6-13(16)15-12-8-20(17,18)7-11(12)14/h2-5,11-12H,6-8H2,1H3,(H,15,16)/t11-,12-/m1/s1. The summed E-state index contributed by atoms with van der Waals surface area (Å²) < 4.78 is 27.9. The van der Waals surface area contributed by atoms with E-state index in [0.717, 1.165) is 11.3 Å². The second-order valence-electron chi connectivity index (χ2n) is 4.79. The van der Waals surface area contributed by atoms with Crippen LogP contribution in [-0.4, -0.2) is 44.4 Å². The Balaban J connectivity index is 1.92. The Labute approximate surface area is 123 Å². The highest BCUT2D eigenvalue weighted by Gasteiger charge is 2.37. The summed E-state index contributed by atoms with van der Waals surface area (Å²) in [5, 5.41) is 2.12. The Morgan fingerprint density at radius 1 is 1.35 bits per heavy atom. The largest absolute Gasteiger partial charge is 0.497 e. The molecule has 1 amide bonds. The lowest BCUT2D eigenvalue weighted by Crippen LogP contribution is -2.41. The first kappa shape index (κ1) is 15.1. The van der Waals surface area contributed by atoms with Gasteiger partial charge in [-0.3, -0.25) is 4.79 Å². The number of benzene rings is 1. The van der Waals surface area contributed by atoms with E-state index < -0.39 is 21.3 Å². The van der Waals surface area contributed by atoms with Crippen LogP contribution in [0.2, 0.25) is 0 Å². The van der Waals surface area contributed by atoms with Gasteiger partial charge in [0.05, 0.1) is 36.5 Å². The summed E-state index contributed by atoms with van der Waals surface area (Å²) in [4.78, 5) is 11.9. The van der Waals surface area contributed by atoms with Crippen LogP contribution >= 0.6 is 11.6 Å². The fraction of sp³-hybridized carbons (Fsp3) is 0.462. The molecule has 1 aliphatic rings. The van der Waals surface area contributed by atoms with E-state index in [4.69, 9.17) is 16.3 Å². The van der Waals surface area contributed by atoms with Crippen LogP contribution in [-0.2, 0) is 21.1 Å². The molecule has 1 fully saturated rings. The second-order valence-corrected chi connectivity index (χ2v) is 7.51. The number of sulfone groups is 1. The molecule has 0 spiro atoms. The summed E-state index contributed by atoms with van der Waals surface area (Å²) >= 11 is 5.94. The smallest absolute Gasteiger partial charge is 0.224 e. The predicted molar refractivity (Wildman–Crippen MR) is 76.9 cm³/mol. The first-order valence-electron chi connectivity index (χ1n) is 6.16. The van der Waals surface area contributed by atoms with Gasteiger partial charge in [-0.15, -0.1) is 11.6 Å². The van der Waals surface area contributed by atoms with Crippen molar-refractivity contribution in [1.29, 1.82) is 0 Å². The fourth-order valence-corrected chi connectivity index (χ4v) is 4.67. The number of rotatable bonds is 4. The number of nitrogens with one attached hydrogen (secondary N) is 1. The molecule has 1 saturated heterocycles. The molecule has 0 bridgehead atoms. The van der Waals surface area contributed by atoms with Crippen LogP contribution < -0.4 is 10.1 Å². The molecular formula is C13H16ClNO4S. The van der Waals surface area contributed by atoms with E-state index in [0.29, 0.717) is 0 Å². The first-order chi connectivity index (χ1) is 9.39. The van der Waals surface area contributed by atoms with Crippen molar-refractivity contribution in [2.45, 2.75) is 17.8 Å². The maximum absolute atomic E-state index is 11.9. The van der Waals surface area contributed by atoms with Gasteiger partial charge in [-0.1, -0.05) is 12.1 Å². The Kier molecular flexibility index (Phi) is 4.55. The zero-order valence-corrected chi connectivity index (χ0v) is 12.6. The summed E-state index contributed by atoms with van der Waals surface area (Å²) in [5.41, 5.74) is 0.829. The van der Waals surface area contributed by atoms with E-state index in [1.165, 1.54) is 0 Å². The SMILES string of the molecule is COc1ccc(CC(=O)N[C@@H]2CS(=O)(=O)C[C@H]2Cl)cc1. The lowest BCUT2D eigenvalue weighted by molar-refractivity contribution is -0.120. The molecule has 0 aromatic heterocycles. The van der Waals surface area contributed by atoms with Gasteiger partial charge in [0.2, 0.25) is 5.91 Å². The van der Waals surface area contributed by atoms with Gasteiger partial charge < -0.3 is 10.1 Å². The normalized spacial score (nSPS) is 24.3. The van der Waals surface area contributed by atoms with Crippen LogP contribution in [0.3, 0.4) is 0 Å². The van der Waals surface area contributed by atoms with Crippen molar-refractivity contribution >= 4 is 27.3 Å². The zero-order chi connectivity index (χ0) is 14.8. The third-order valence-corrected chi connectivity index (χ3v) is 5.53. The third kappa shape index (κ3) is 3.86. The molecule has 1 aromatic rings. The molecule has 1 aliphatic heterocycles. The average Bonchev–Trinajstić information content (AvgIpc) is 2.63. The maximum atomic E-state index is 11.9. The highest BCUT2D eigenvalue weighted by molar-refractivity contribution is 7.91. The summed E-state index contributed by atoms with van der Waals surface area (Å²) in [6.45, 7) is 0. The maximum Gasteiger partial charge on any atom is 0.224 e. The van der Waals surface area contributed by atoms with Crippen LogP contribution in [0, 0.1) is 0 Å². The van der Waals surface area contributed by atoms with Crippen LogP contribution in [0.25, 0.3) is 0 Å². The first-order valence-corrected chi connectivity index (χ1v) is 8.42. The van der Waals surface area contributed by atoms with Crippen molar-refractivity contribution in [3.8, 4) is 5.75 Å². The van der Waals surface area contributed by atoms with Crippen molar-refractivity contribution < 1.29 is 17.9 Å². The van der Waals surface area contributed by atoms with E-state index in [-0.39, 0.29) is 23.8 Å². The van der Waals surface area contributed by atoms with Gasteiger partial charge in [0.25, 0.3) is 0 Å². The molecule has 0 saturated carbocycles. The van der Waals surface area contributed by atoms with E-state index in [1.807, 2.05) is 0 Å². The Morgan fingerprint density at radius 3 is 2.50 bits per heavy atom. The molecule has 2 rings (SSSR count). The number of carbonyl (C=O) groups is 1. The average molecular weight is 318 g/mol. The number of halogens is 1. The van der Waals surface area contributed by atoms with Gasteiger partial charge in [0, 0.05) is 0 Å². The van der Waals surface area contributed by atoms with Crippen molar-refractivity contribution in [2.24, 2.45) is 0 Å². The summed E-state index contributed by atoms with van der Waals surface area (Å²) in [7, 11) is -1.56. The number of hydrogen-bond acceptors (Lipinski definition) is 4. The summed E-state index contributed by atoms with van der Waals surface area (Å²) in [6.07, 6.45) is 0.185. The van der Waals surface area contributed by atoms with Crippen LogP contribution in [0.4, 0.5) is 0 Å². The molecule has 1 aromatic carbocycles. The van der Waals surface area contributed by atoms with Gasteiger partial charge in [0.1, 0.15) is 5.75 Å². The molecule has 1 N–H and O–H groups in total. The predicted octanol–water partition coefficient (Wildman–Crippen LogP) is 0.758. The quantitative estimate of drug-likeness (QED) is 0.832. The minimum Gasteiger partial charge on any atom is -0.497 e. The summed E-state index contributed by atoms with van der Waals surface area (Å²) in [5.74, 6) is 0.317. The van der Waals surface area contributed by atoms with Crippen molar-refractivity contribution in [3.63, 3.8) is 0 Å². The topological polar surface area (TPSA) is 72.5 Å². The van der Waals surface area contributed by atoms with Gasteiger partial charge in [-0.2, -0.15) is 0 Å². The highest BCUT2D eigenvalue weighted by atomic mass is 35.5. The molecule has 110 valence electrons. The highest BCUT2D eigenvalue weighted by Crippen LogP contribution is 2.18. The van der Waals surface area contributed by atoms with E-state index in [9.17, 15) is 13.2 Å². The molecule has 0 unspecified atom stereocenters. The number of ether oxygens (including phenoxy) is 1. The van der Waals surface area contributed by atoms with Crippen LogP contribution in [0.5, 0.6) is 5.75 Å². The van der Waals surface area contributed by atoms with E-state index in [1.54, 1.807) is 31.4 Å². The van der Waals surface area contributed by atoms with Crippen molar-refractivity contribution in [3.05, 3.63) is 29.8 Å². The number of hydrogen-bond donors (Lipinski definition) is 1. The fourth-order valence-electron chi connectivity index (χ4n) is 2.12. The molecule has 20 heavy (non-hydrogen) atoms. The lowest BCUT2D eigenvalue weighted by Gasteiger charge is -2.14. The van der Waals surface area contributed by atoms with Gasteiger partial charge in [-0.05, 0) is 17.7 Å². The van der Waals surface area contributed by atoms with Gasteiger partial charge >= 0.3 is 0 Å². The van der Waals surface area contributed by atoms with Gasteiger partial charge in [0.15, 0.2) is 9.84 Å². The number of carbonyl (C=O) groups excluding carboxylic acids is 1. The lowest BCUT2D eigenvalue weighted by atomic mass is 10.1. The monoisotopic (exact) mass is 317 g/mol. The van der Waals surface area contributed by atoms with E-state index in [2.05, 4.69) is 5.32 Å². The Morgan fingerprint density at radius 2 is 2.00 bits per heavy atom. The Hall–Kier alpha value is -1.27. The van der Waals surface area contributed by atoms with E-state index >= 15 is 0 Å². The van der Waals surface area contributed by atoms with Crippen molar-refractivity contribution in [2.75, 3.05) is 18.6 Å². The molecule has 2 atom stereocenters. The molecule has 7 heteroatoms. The zero-order valence-electron chi connectivity index (χ0n) is 11.0. The number of amides is 1. The minimum absolute atomic E-state index is 0.0813. The Bertz CT molecular complexity index is 585. The van der Waals surface area contributed by atoms with Crippen LogP contribution in [0.1, 0.15) is 5.56 Å². The minimum atomic E-state index is -3.14. The summed E-state index contributed by atoms with van der Waals surface area (Å²) in [6, 6.07) is 6.62. The molecule has 1 heterocycles.